The highest BCUT2D eigenvalue weighted by molar-refractivity contribution is 6.08. The van der Waals surface area contributed by atoms with E-state index in [1.54, 1.807) is 0 Å². The van der Waals surface area contributed by atoms with Crippen molar-refractivity contribution in [2.45, 2.75) is 6.18 Å². The number of allylic oxidation sites excluding steroid dienone is 2. The van der Waals surface area contributed by atoms with Gasteiger partial charge in [-0.05, 0) is 17.7 Å². The minimum absolute atomic E-state index is 0.226. The second kappa shape index (κ2) is 8.15. The van der Waals surface area contributed by atoms with E-state index in [2.05, 4.69) is 16.9 Å². The van der Waals surface area contributed by atoms with Crippen molar-refractivity contribution in [3.05, 3.63) is 48.0 Å². The van der Waals surface area contributed by atoms with Gasteiger partial charge in [0.1, 0.15) is 11.6 Å². The second-order valence-electron chi connectivity index (χ2n) is 6.38. The number of pyridine rings is 1. The number of likely N-dealkylation sites (tertiary alicyclic amines) is 1. The number of nitrogens with two attached hydrogens (primary N) is 1. The lowest BCUT2D eigenvalue weighted by Crippen LogP contribution is -2.38. The number of rotatable bonds is 5. The summed E-state index contributed by atoms with van der Waals surface area (Å²) in [5.41, 5.74) is -2.25. The Morgan fingerprint density at radius 3 is 2.52 bits per heavy atom. The summed E-state index contributed by atoms with van der Waals surface area (Å²) in [6, 6.07) is 1.66. The summed E-state index contributed by atoms with van der Waals surface area (Å²) in [5, 5.41) is 2.40. The Morgan fingerprint density at radius 1 is 1.41 bits per heavy atom. The number of carbonyl (C=O) groups excluding carboxylic acids is 2. The van der Waals surface area contributed by atoms with Crippen LogP contribution in [-0.4, -0.2) is 53.5 Å². The van der Waals surface area contributed by atoms with Gasteiger partial charge in [-0.25, -0.2) is 5.84 Å². The SMILES string of the molecule is C=C/C(=C(\N(C)N)C(F)(F)F)[C@H]1CN(C)C(=O)[C@@H]1C(=O)Nc1ccc(F)nc1F. The van der Waals surface area contributed by atoms with Gasteiger partial charge in [0.25, 0.3) is 0 Å². The number of nitrogens with zero attached hydrogens (tertiary/aromatic N) is 3. The second-order valence-corrected chi connectivity index (χ2v) is 6.38. The van der Waals surface area contributed by atoms with E-state index in [9.17, 15) is 31.5 Å². The molecule has 0 aliphatic carbocycles. The molecule has 7 nitrogen and oxygen atoms in total. The van der Waals surface area contributed by atoms with Crippen LogP contribution in [0.25, 0.3) is 0 Å². The average molecular weight is 419 g/mol. The zero-order valence-corrected chi connectivity index (χ0v) is 15.4. The van der Waals surface area contributed by atoms with Gasteiger partial charge in [0.15, 0.2) is 0 Å². The van der Waals surface area contributed by atoms with Crippen molar-refractivity contribution in [3.8, 4) is 0 Å². The van der Waals surface area contributed by atoms with Crippen LogP contribution >= 0.6 is 0 Å². The number of nitrogens with one attached hydrogen (secondary N) is 1. The highest BCUT2D eigenvalue weighted by Crippen LogP contribution is 2.38. The maximum atomic E-state index is 13.7. The highest BCUT2D eigenvalue weighted by Gasteiger charge is 2.48. The van der Waals surface area contributed by atoms with Crippen LogP contribution < -0.4 is 11.2 Å². The van der Waals surface area contributed by atoms with Gasteiger partial charge < -0.3 is 15.2 Å². The van der Waals surface area contributed by atoms with E-state index >= 15 is 0 Å². The van der Waals surface area contributed by atoms with Gasteiger partial charge in [-0.15, -0.1) is 0 Å². The van der Waals surface area contributed by atoms with Crippen LogP contribution in [0.1, 0.15) is 0 Å². The molecule has 0 unspecified atom stereocenters. The molecule has 0 aromatic carbocycles. The number of hydrazine groups is 1. The fourth-order valence-corrected chi connectivity index (χ4v) is 3.18. The van der Waals surface area contributed by atoms with Gasteiger partial charge in [-0.3, -0.25) is 9.59 Å². The lowest BCUT2D eigenvalue weighted by atomic mass is 9.86. The maximum absolute atomic E-state index is 13.7. The molecule has 0 radical (unpaired) electrons. The lowest BCUT2D eigenvalue weighted by Gasteiger charge is -2.26. The molecule has 0 saturated carbocycles. The molecule has 0 bridgehead atoms. The van der Waals surface area contributed by atoms with Crippen LogP contribution in [0.2, 0.25) is 0 Å². The quantitative estimate of drug-likeness (QED) is 0.190. The summed E-state index contributed by atoms with van der Waals surface area (Å²) >= 11 is 0. The molecule has 2 rings (SSSR count). The number of aromatic nitrogens is 1. The third-order valence-corrected chi connectivity index (χ3v) is 4.38. The summed E-state index contributed by atoms with van der Waals surface area (Å²) in [7, 11) is 2.27. The van der Waals surface area contributed by atoms with Gasteiger partial charge in [0.05, 0.1) is 5.69 Å². The molecule has 2 amide bonds. The molecular weight excluding hydrogens is 401 g/mol. The first kappa shape index (κ1) is 22.3. The van der Waals surface area contributed by atoms with Gasteiger partial charge >= 0.3 is 6.18 Å². The monoisotopic (exact) mass is 419 g/mol. The molecule has 1 fully saturated rings. The number of halogens is 5. The Kier molecular flexibility index (Phi) is 6.26. The minimum atomic E-state index is -4.88. The molecule has 1 aliphatic rings. The van der Waals surface area contributed by atoms with Crippen LogP contribution in [-0.2, 0) is 9.59 Å². The molecular formula is C17H18F5N5O2. The number of alkyl halides is 3. The van der Waals surface area contributed by atoms with E-state index in [1.165, 1.54) is 7.05 Å². The number of hydrogen-bond acceptors (Lipinski definition) is 5. The average Bonchev–Trinajstić information content (AvgIpc) is 2.88. The Bertz CT molecular complexity index is 868. The van der Waals surface area contributed by atoms with Crippen LogP contribution in [0.5, 0.6) is 0 Å². The topological polar surface area (TPSA) is 91.6 Å². The molecule has 29 heavy (non-hydrogen) atoms. The first-order chi connectivity index (χ1) is 13.4. The summed E-state index contributed by atoms with van der Waals surface area (Å²) in [6.45, 7) is 3.13. The first-order valence-corrected chi connectivity index (χ1v) is 8.18. The number of amides is 2. The number of anilines is 1. The third kappa shape index (κ3) is 4.53. The summed E-state index contributed by atoms with van der Waals surface area (Å²) < 4.78 is 67.2. The smallest absolute Gasteiger partial charge is 0.344 e. The van der Waals surface area contributed by atoms with Crippen molar-refractivity contribution in [1.82, 2.24) is 14.9 Å². The van der Waals surface area contributed by atoms with Crippen molar-refractivity contribution in [2.24, 2.45) is 17.7 Å². The zero-order chi connectivity index (χ0) is 22.1. The Hall–Kier alpha value is -3.02. The normalized spacial score (nSPS) is 20.4. The Labute approximate surface area is 162 Å². The molecule has 1 saturated heterocycles. The molecule has 1 aliphatic heterocycles. The van der Waals surface area contributed by atoms with Crippen molar-refractivity contribution in [1.29, 1.82) is 0 Å². The van der Waals surface area contributed by atoms with Crippen molar-refractivity contribution in [3.63, 3.8) is 0 Å². The Balaban J connectivity index is 2.49. The zero-order valence-electron chi connectivity index (χ0n) is 15.4. The van der Waals surface area contributed by atoms with E-state index in [0.717, 1.165) is 30.2 Å². The highest BCUT2D eigenvalue weighted by atomic mass is 19.4. The fourth-order valence-electron chi connectivity index (χ4n) is 3.18. The predicted molar refractivity (Wildman–Crippen MR) is 92.6 cm³/mol. The van der Waals surface area contributed by atoms with Crippen LogP contribution in [0, 0.1) is 23.7 Å². The molecule has 2 heterocycles. The van der Waals surface area contributed by atoms with Crippen molar-refractivity contribution < 1.29 is 31.5 Å². The fraction of sp³-hybridized carbons (Fsp3) is 0.353. The van der Waals surface area contributed by atoms with Crippen LogP contribution in [0.15, 0.2) is 36.1 Å². The van der Waals surface area contributed by atoms with Gasteiger partial charge in [-0.1, -0.05) is 12.7 Å². The maximum Gasteiger partial charge on any atom is 0.432 e. The molecule has 3 N–H and O–H groups in total. The number of carbonyl (C=O) groups is 2. The van der Waals surface area contributed by atoms with Gasteiger partial charge in [-0.2, -0.15) is 26.9 Å². The van der Waals surface area contributed by atoms with E-state index in [1.807, 2.05) is 0 Å². The molecule has 2 atom stereocenters. The van der Waals surface area contributed by atoms with E-state index in [4.69, 9.17) is 5.84 Å². The van der Waals surface area contributed by atoms with E-state index in [-0.39, 0.29) is 6.54 Å². The molecule has 158 valence electrons. The minimum Gasteiger partial charge on any atom is -0.344 e. The van der Waals surface area contributed by atoms with Crippen LogP contribution in [0.3, 0.4) is 0 Å². The molecule has 0 spiro atoms. The molecule has 12 heteroatoms. The summed E-state index contributed by atoms with van der Waals surface area (Å²) in [5.74, 6) is -1.87. The molecule has 1 aromatic heterocycles. The Morgan fingerprint density at radius 2 is 2.03 bits per heavy atom. The van der Waals surface area contributed by atoms with E-state index in [0.29, 0.717) is 5.01 Å². The number of hydrogen-bond donors (Lipinski definition) is 2. The van der Waals surface area contributed by atoms with E-state index < -0.39 is 58.7 Å². The summed E-state index contributed by atoms with van der Waals surface area (Å²) in [4.78, 5) is 29.1. The summed E-state index contributed by atoms with van der Waals surface area (Å²) in [6.07, 6.45) is -4.01. The predicted octanol–water partition coefficient (Wildman–Crippen LogP) is 1.81. The van der Waals surface area contributed by atoms with Gasteiger partial charge in [0.2, 0.25) is 23.7 Å². The van der Waals surface area contributed by atoms with Crippen molar-refractivity contribution in [2.75, 3.05) is 26.0 Å². The largest absolute Gasteiger partial charge is 0.432 e. The lowest BCUT2D eigenvalue weighted by molar-refractivity contribution is -0.135. The third-order valence-electron chi connectivity index (χ3n) is 4.38. The standard InChI is InChI=1S/C17H18F5N5O2/c1-4-8(13(27(3)23)17(20,21)22)9-7-26(2)16(29)12(9)15(28)24-10-5-6-11(18)25-14(10)19/h4-6,9,12H,1,7,23H2,2-3H3,(H,24,28)/b13-8+/t9-,12+/m1/s1. The first-order valence-electron chi connectivity index (χ1n) is 8.18. The van der Waals surface area contributed by atoms with Gasteiger partial charge in [0, 0.05) is 26.6 Å². The molecule has 1 aromatic rings. The van der Waals surface area contributed by atoms with Crippen LogP contribution in [0.4, 0.5) is 27.6 Å². The van der Waals surface area contributed by atoms with Crippen molar-refractivity contribution >= 4 is 17.5 Å².